The number of carbonyl (C=O) groups excluding carboxylic acids is 1. The molecule has 6 heteroatoms. The quantitative estimate of drug-likeness (QED) is 0.849. The standard InChI is InChI=1S/C18H24N2O4/c1-11(2)23-15-7-6-8-19-16(15)17(21)20-10-18(5,22)14-9-12(3)24-13(14)4/h6-9,11,22H,10H2,1-5H3,(H,20,21). The molecule has 2 N–H and O–H groups in total. The molecule has 1 atom stereocenters. The van der Waals surface area contributed by atoms with E-state index in [4.69, 9.17) is 9.15 Å². The van der Waals surface area contributed by atoms with Crippen molar-refractivity contribution < 1.29 is 19.1 Å². The number of hydrogen-bond donors (Lipinski definition) is 2. The minimum Gasteiger partial charge on any atom is -0.489 e. The predicted molar refractivity (Wildman–Crippen MR) is 90.1 cm³/mol. The van der Waals surface area contributed by atoms with Gasteiger partial charge in [-0.2, -0.15) is 0 Å². The van der Waals surface area contributed by atoms with Gasteiger partial charge in [-0.25, -0.2) is 4.98 Å². The summed E-state index contributed by atoms with van der Waals surface area (Å²) in [5.41, 5.74) is -0.396. The molecule has 0 fully saturated rings. The van der Waals surface area contributed by atoms with Crippen LogP contribution in [0.3, 0.4) is 0 Å². The van der Waals surface area contributed by atoms with Crippen molar-refractivity contribution in [3.05, 3.63) is 47.2 Å². The van der Waals surface area contributed by atoms with Gasteiger partial charge >= 0.3 is 0 Å². The lowest BCUT2D eigenvalue weighted by atomic mass is 9.96. The first-order valence-electron chi connectivity index (χ1n) is 7.90. The molecule has 0 spiro atoms. The lowest BCUT2D eigenvalue weighted by Crippen LogP contribution is -2.39. The molecule has 2 aromatic rings. The van der Waals surface area contributed by atoms with Gasteiger partial charge in [-0.1, -0.05) is 0 Å². The molecule has 24 heavy (non-hydrogen) atoms. The maximum atomic E-state index is 12.4. The monoisotopic (exact) mass is 332 g/mol. The van der Waals surface area contributed by atoms with E-state index in [1.165, 1.54) is 6.20 Å². The summed E-state index contributed by atoms with van der Waals surface area (Å²) in [4.78, 5) is 16.5. The average Bonchev–Trinajstić information content (AvgIpc) is 2.84. The molecular weight excluding hydrogens is 308 g/mol. The number of nitrogens with zero attached hydrogens (tertiary/aromatic N) is 1. The van der Waals surface area contributed by atoms with Crippen molar-refractivity contribution >= 4 is 5.91 Å². The SMILES string of the molecule is Cc1cc(C(C)(O)CNC(=O)c2ncccc2OC(C)C)c(C)o1. The van der Waals surface area contributed by atoms with Gasteiger partial charge in [-0.3, -0.25) is 4.79 Å². The molecule has 2 rings (SSSR count). The van der Waals surface area contributed by atoms with Gasteiger partial charge in [-0.05, 0) is 52.8 Å². The maximum Gasteiger partial charge on any atom is 0.273 e. The van der Waals surface area contributed by atoms with E-state index in [-0.39, 0.29) is 18.3 Å². The summed E-state index contributed by atoms with van der Waals surface area (Å²) in [6, 6.07) is 5.18. The van der Waals surface area contributed by atoms with Crippen molar-refractivity contribution in [2.24, 2.45) is 0 Å². The number of ether oxygens (including phenoxy) is 1. The Hall–Kier alpha value is -2.34. The molecular formula is C18H24N2O4. The lowest BCUT2D eigenvalue weighted by Gasteiger charge is -2.23. The molecule has 0 aliphatic carbocycles. The van der Waals surface area contributed by atoms with E-state index in [2.05, 4.69) is 10.3 Å². The van der Waals surface area contributed by atoms with E-state index in [1.54, 1.807) is 32.0 Å². The molecule has 0 radical (unpaired) electrons. The summed E-state index contributed by atoms with van der Waals surface area (Å²) < 4.78 is 11.1. The lowest BCUT2D eigenvalue weighted by molar-refractivity contribution is 0.0511. The number of hydrogen-bond acceptors (Lipinski definition) is 5. The van der Waals surface area contributed by atoms with Crippen molar-refractivity contribution in [2.75, 3.05) is 6.54 Å². The number of pyridine rings is 1. The molecule has 6 nitrogen and oxygen atoms in total. The summed E-state index contributed by atoms with van der Waals surface area (Å²) in [6.07, 6.45) is 1.46. The summed E-state index contributed by atoms with van der Waals surface area (Å²) in [7, 11) is 0. The van der Waals surface area contributed by atoms with E-state index in [0.29, 0.717) is 22.8 Å². The Morgan fingerprint density at radius 3 is 2.75 bits per heavy atom. The van der Waals surface area contributed by atoms with Gasteiger partial charge in [0.1, 0.15) is 17.1 Å². The fourth-order valence-corrected chi connectivity index (χ4v) is 2.51. The second-order valence-electron chi connectivity index (χ2n) is 6.30. The molecule has 0 saturated heterocycles. The second-order valence-corrected chi connectivity index (χ2v) is 6.30. The van der Waals surface area contributed by atoms with Crippen LogP contribution in [0, 0.1) is 13.8 Å². The zero-order valence-electron chi connectivity index (χ0n) is 14.7. The highest BCUT2D eigenvalue weighted by Crippen LogP contribution is 2.26. The molecule has 2 heterocycles. The van der Waals surface area contributed by atoms with Gasteiger partial charge < -0.3 is 19.6 Å². The highest BCUT2D eigenvalue weighted by atomic mass is 16.5. The smallest absolute Gasteiger partial charge is 0.273 e. The van der Waals surface area contributed by atoms with Gasteiger partial charge in [-0.15, -0.1) is 0 Å². The van der Waals surface area contributed by atoms with E-state index in [9.17, 15) is 9.90 Å². The van der Waals surface area contributed by atoms with Crippen LogP contribution in [-0.4, -0.2) is 28.6 Å². The number of furan rings is 1. The third-order valence-corrected chi connectivity index (χ3v) is 3.56. The van der Waals surface area contributed by atoms with Crippen LogP contribution in [0.5, 0.6) is 5.75 Å². The van der Waals surface area contributed by atoms with Crippen LogP contribution in [0.1, 0.15) is 48.3 Å². The topological polar surface area (TPSA) is 84.6 Å². The Labute approximate surface area is 141 Å². The van der Waals surface area contributed by atoms with Crippen molar-refractivity contribution in [1.29, 1.82) is 0 Å². The molecule has 0 saturated carbocycles. The molecule has 0 aliphatic rings. The number of amides is 1. The van der Waals surface area contributed by atoms with Crippen LogP contribution in [0.25, 0.3) is 0 Å². The fraction of sp³-hybridized carbons (Fsp3) is 0.444. The fourth-order valence-electron chi connectivity index (χ4n) is 2.51. The third-order valence-electron chi connectivity index (χ3n) is 3.56. The number of aliphatic hydroxyl groups is 1. The first-order valence-corrected chi connectivity index (χ1v) is 7.90. The van der Waals surface area contributed by atoms with E-state index < -0.39 is 11.5 Å². The summed E-state index contributed by atoms with van der Waals surface area (Å²) in [5.74, 6) is 1.37. The molecule has 1 amide bonds. The van der Waals surface area contributed by atoms with Crippen molar-refractivity contribution in [1.82, 2.24) is 10.3 Å². The van der Waals surface area contributed by atoms with Crippen molar-refractivity contribution in [3.8, 4) is 5.75 Å². The molecule has 0 bridgehead atoms. The Kier molecular flexibility index (Phi) is 5.29. The van der Waals surface area contributed by atoms with Gasteiger partial charge in [0.25, 0.3) is 5.91 Å². The predicted octanol–water partition coefficient (Wildman–Crippen LogP) is 2.72. The average molecular weight is 332 g/mol. The molecule has 0 aliphatic heterocycles. The zero-order valence-corrected chi connectivity index (χ0v) is 14.7. The van der Waals surface area contributed by atoms with Gasteiger partial charge in [0.05, 0.1) is 12.6 Å². The van der Waals surface area contributed by atoms with Gasteiger partial charge in [0, 0.05) is 11.8 Å². The molecule has 130 valence electrons. The largest absolute Gasteiger partial charge is 0.489 e. The Bertz CT molecular complexity index is 720. The van der Waals surface area contributed by atoms with Crippen LogP contribution in [0.15, 0.2) is 28.8 Å². The number of aryl methyl sites for hydroxylation is 2. The van der Waals surface area contributed by atoms with Crippen LogP contribution in [-0.2, 0) is 5.60 Å². The van der Waals surface area contributed by atoms with Gasteiger partial charge in [0.15, 0.2) is 11.4 Å². The normalized spacial score (nSPS) is 13.6. The molecule has 1 unspecified atom stereocenters. The van der Waals surface area contributed by atoms with Crippen LogP contribution < -0.4 is 10.1 Å². The minimum atomic E-state index is -1.24. The van der Waals surface area contributed by atoms with Crippen LogP contribution in [0.2, 0.25) is 0 Å². The maximum absolute atomic E-state index is 12.4. The Morgan fingerprint density at radius 2 is 2.17 bits per heavy atom. The number of carbonyl (C=O) groups is 1. The Balaban J connectivity index is 2.12. The number of rotatable bonds is 6. The first kappa shape index (κ1) is 18.0. The molecule has 2 aromatic heterocycles. The zero-order chi connectivity index (χ0) is 17.9. The molecule has 0 aromatic carbocycles. The van der Waals surface area contributed by atoms with Crippen LogP contribution in [0.4, 0.5) is 0 Å². The van der Waals surface area contributed by atoms with E-state index in [1.807, 2.05) is 20.8 Å². The summed E-state index contributed by atoms with van der Waals surface area (Å²) in [5, 5.41) is 13.4. The summed E-state index contributed by atoms with van der Waals surface area (Å²) >= 11 is 0. The van der Waals surface area contributed by atoms with Gasteiger partial charge in [0.2, 0.25) is 0 Å². The van der Waals surface area contributed by atoms with Crippen molar-refractivity contribution in [2.45, 2.75) is 46.3 Å². The van der Waals surface area contributed by atoms with E-state index >= 15 is 0 Å². The number of aromatic nitrogens is 1. The summed E-state index contributed by atoms with van der Waals surface area (Å²) in [6.45, 7) is 9.02. The van der Waals surface area contributed by atoms with E-state index in [0.717, 1.165) is 0 Å². The highest BCUT2D eigenvalue weighted by Gasteiger charge is 2.29. The second kappa shape index (κ2) is 7.05. The Morgan fingerprint density at radius 1 is 1.46 bits per heavy atom. The highest BCUT2D eigenvalue weighted by molar-refractivity contribution is 5.94. The van der Waals surface area contributed by atoms with Crippen LogP contribution >= 0.6 is 0 Å². The third kappa shape index (κ3) is 4.14. The first-order chi connectivity index (χ1) is 11.2. The minimum absolute atomic E-state index is 0.0311. The number of nitrogens with one attached hydrogen (secondary N) is 1. The van der Waals surface area contributed by atoms with Crippen molar-refractivity contribution in [3.63, 3.8) is 0 Å².